The van der Waals surface area contributed by atoms with E-state index in [1.165, 1.54) is 0 Å². The zero-order valence-electron chi connectivity index (χ0n) is 15.6. The molecule has 2 aromatic carbocycles. The van der Waals surface area contributed by atoms with Crippen molar-refractivity contribution in [2.24, 2.45) is 0 Å². The lowest BCUT2D eigenvalue weighted by atomic mass is 10.0. The standard InChI is InChI=1S/C23H20N4O/c1-2-5-18(24)23(28)16-10-8-15(9-11-16)21-13-25-14-22(27-21)20-12-17-6-3-4-7-19(17)26-20/h3-4,6-14,24,26H,2,5H2,1H3. The van der Waals surface area contributed by atoms with E-state index in [1.807, 2.05) is 37.3 Å². The van der Waals surface area contributed by atoms with E-state index in [-0.39, 0.29) is 11.5 Å². The van der Waals surface area contributed by atoms with Crippen molar-refractivity contribution in [1.29, 1.82) is 5.41 Å². The molecule has 0 amide bonds. The van der Waals surface area contributed by atoms with Crippen molar-refractivity contribution >= 4 is 22.4 Å². The lowest BCUT2D eigenvalue weighted by molar-refractivity contribution is 0.106. The van der Waals surface area contributed by atoms with Gasteiger partial charge in [0.05, 0.1) is 29.5 Å². The van der Waals surface area contributed by atoms with Crippen LogP contribution < -0.4 is 0 Å². The van der Waals surface area contributed by atoms with Crippen molar-refractivity contribution in [2.45, 2.75) is 19.8 Å². The van der Waals surface area contributed by atoms with Crippen LogP contribution in [0.5, 0.6) is 0 Å². The second kappa shape index (κ2) is 7.56. The van der Waals surface area contributed by atoms with Gasteiger partial charge in [0.2, 0.25) is 5.78 Å². The molecule has 0 aliphatic rings. The molecule has 0 fully saturated rings. The maximum atomic E-state index is 12.3. The van der Waals surface area contributed by atoms with Gasteiger partial charge in [0.25, 0.3) is 0 Å². The van der Waals surface area contributed by atoms with E-state index in [4.69, 9.17) is 10.4 Å². The van der Waals surface area contributed by atoms with E-state index in [0.717, 1.165) is 40.0 Å². The molecule has 2 aromatic heterocycles. The maximum Gasteiger partial charge on any atom is 0.206 e. The van der Waals surface area contributed by atoms with Gasteiger partial charge in [-0.1, -0.05) is 55.8 Å². The Morgan fingerprint density at radius 3 is 2.54 bits per heavy atom. The fourth-order valence-electron chi connectivity index (χ4n) is 3.18. The van der Waals surface area contributed by atoms with E-state index in [1.54, 1.807) is 24.5 Å². The normalized spacial score (nSPS) is 10.9. The molecule has 0 saturated carbocycles. The second-order valence-electron chi connectivity index (χ2n) is 6.69. The van der Waals surface area contributed by atoms with Gasteiger partial charge in [-0.05, 0) is 18.6 Å². The number of H-pyrrole nitrogens is 1. The molecule has 0 spiro atoms. The lowest BCUT2D eigenvalue weighted by Crippen LogP contribution is -2.12. The average molecular weight is 368 g/mol. The molecule has 4 aromatic rings. The summed E-state index contributed by atoms with van der Waals surface area (Å²) >= 11 is 0. The Hall–Kier alpha value is -3.60. The molecule has 2 heterocycles. The summed E-state index contributed by atoms with van der Waals surface area (Å²) in [6.07, 6.45) is 4.73. The topological polar surface area (TPSA) is 82.5 Å². The summed E-state index contributed by atoms with van der Waals surface area (Å²) in [5.41, 5.74) is 5.02. The van der Waals surface area contributed by atoms with Crippen molar-refractivity contribution in [3.8, 4) is 22.6 Å². The van der Waals surface area contributed by atoms with E-state index in [2.05, 4.69) is 22.1 Å². The van der Waals surface area contributed by atoms with Crippen molar-refractivity contribution < 1.29 is 4.79 Å². The van der Waals surface area contributed by atoms with Gasteiger partial charge in [0, 0.05) is 22.0 Å². The SMILES string of the molecule is CCCC(=N)C(=O)c1ccc(-c2cncc(-c3cc4ccccc4[nH]3)n2)cc1. The van der Waals surface area contributed by atoms with Crippen LogP contribution in [-0.4, -0.2) is 26.4 Å². The number of Topliss-reactive ketones (excluding diaryl/α,β-unsaturated/α-hetero) is 1. The van der Waals surface area contributed by atoms with Crippen LogP contribution in [0, 0.1) is 5.41 Å². The lowest BCUT2D eigenvalue weighted by Gasteiger charge is -2.05. The number of carbonyl (C=O) groups excluding carboxylic acids is 1. The minimum absolute atomic E-state index is 0.149. The third kappa shape index (κ3) is 3.47. The van der Waals surface area contributed by atoms with Crippen LogP contribution in [0.15, 0.2) is 67.0 Å². The van der Waals surface area contributed by atoms with E-state index in [0.29, 0.717) is 12.0 Å². The number of nitrogens with zero attached hydrogens (tertiary/aromatic N) is 2. The summed E-state index contributed by atoms with van der Waals surface area (Å²) in [5, 5.41) is 8.97. The molecule has 28 heavy (non-hydrogen) atoms. The molecular formula is C23H20N4O. The van der Waals surface area contributed by atoms with Gasteiger partial charge in [-0.15, -0.1) is 0 Å². The summed E-state index contributed by atoms with van der Waals surface area (Å²) in [4.78, 5) is 24.7. The number of carbonyl (C=O) groups is 1. The average Bonchev–Trinajstić information content (AvgIpc) is 3.18. The highest BCUT2D eigenvalue weighted by atomic mass is 16.1. The fourth-order valence-corrected chi connectivity index (χ4v) is 3.18. The van der Waals surface area contributed by atoms with Crippen molar-refractivity contribution in [1.82, 2.24) is 15.0 Å². The molecule has 0 unspecified atom stereocenters. The highest BCUT2D eigenvalue weighted by molar-refractivity contribution is 6.44. The van der Waals surface area contributed by atoms with Crippen LogP contribution in [0.3, 0.4) is 0 Å². The molecule has 2 N–H and O–H groups in total. The number of benzene rings is 2. The number of hydrogen-bond donors (Lipinski definition) is 2. The smallest absolute Gasteiger partial charge is 0.206 e. The molecule has 4 rings (SSSR count). The van der Waals surface area contributed by atoms with Crippen LogP contribution in [0.2, 0.25) is 0 Å². The predicted octanol–water partition coefficient (Wildman–Crippen LogP) is 5.29. The number of hydrogen-bond acceptors (Lipinski definition) is 4. The quantitative estimate of drug-likeness (QED) is 0.358. The van der Waals surface area contributed by atoms with Gasteiger partial charge in [-0.2, -0.15) is 0 Å². The number of para-hydroxylation sites is 1. The zero-order chi connectivity index (χ0) is 19.5. The highest BCUT2D eigenvalue weighted by Crippen LogP contribution is 2.25. The number of rotatable bonds is 6. The first-order valence-corrected chi connectivity index (χ1v) is 9.28. The van der Waals surface area contributed by atoms with E-state index in [9.17, 15) is 4.79 Å². The number of ketones is 1. The first kappa shape index (κ1) is 17.8. The Morgan fingerprint density at radius 2 is 1.79 bits per heavy atom. The minimum Gasteiger partial charge on any atom is -0.353 e. The zero-order valence-corrected chi connectivity index (χ0v) is 15.6. The molecule has 0 saturated heterocycles. The van der Waals surface area contributed by atoms with Crippen molar-refractivity contribution in [2.75, 3.05) is 0 Å². The molecular weight excluding hydrogens is 348 g/mol. The molecule has 5 heteroatoms. The molecule has 0 atom stereocenters. The monoisotopic (exact) mass is 368 g/mol. The van der Waals surface area contributed by atoms with E-state index < -0.39 is 0 Å². The summed E-state index contributed by atoms with van der Waals surface area (Å²) in [6.45, 7) is 1.96. The van der Waals surface area contributed by atoms with Crippen molar-refractivity contribution in [3.63, 3.8) is 0 Å². The Balaban J connectivity index is 1.62. The highest BCUT2D eigenvalue weighted by Gasteiger charge is 2.12. The summed E-state index contributed by atoms with van der Waals surface area (Å²) in [7, 11) is 0. The summed E-state index contributed by atoms with van der Waals surface area (Å²) in [6, 6.07) is 17.3. The minimum atomic E-state index is -0.216. The summed E-state index contributed by atoms with van der Waals surface area (Å²) in [5.74, 6) is -0.216. The van der Waals surface area contributed by atoms with Gasteiger partial charge in [-0.3, -0.25) is 9.78 Å². The van der Waals surface area contributed by atoms with Crippen LogP contribution in [0.1, 0.15) is 30.1 Å². The fraction of sp³-hybridized carbons (Fsp3) is 0.130. The van der Waals surface area contributed by atoms with Crippen LogP contribution >= 0.6 is 0 Å². The first-order chi connectivity index (χ1) is 13.7. The molecule has 0 bridgehead atoms. The largest absolute Gasteiger partial charge is 0.353 e. The van der Waals surface area contributed by atoms with Gasteiger partial charge in [-0.25, -0.2) is 4.98 Å². The van der Waals surface area contributed by atoms with Crippen LogP contribution in [-0.2, 0) is 0 Å². The van der Waals surface area contributed by atoms with Gasteiger partial charge in [0.1, 0.15) is 5.69 Å². The third-order valence-corrected chi connectivity index (χ3v) is 4.66. The summed E-state index contributed by atoms with van der Waals surface area (Å²) < 4.78 is 0. The Labute approximate surface area is 163 Å². The Morgan fingerprint density at radius 1 is 1.04 bits per heavy atom. The van der Waals surface area contributed by atoms with Crippen LogP contribution in [0.4, 0.5) is 0 Å². The maximum absolute atomic E-state index is 12.3. The molecule has 0 radical (unpaired) electrons. The van der Waals surface area contributed by atoms with Gasteiger partial charge < -0.3 is 10.4 Å². The Bertz CT molecular complexity index is 1130. The third-order valence-electron chi connectivity index (χ3n) is 4.66. The van der Waals surface area contributed by atoms with Gasteiger partial charge in [0.15, 0.2) is 0 Å². The second-order valence-corrected chi connectivity index (χ2v) is 6.69. The number of nitrogens with one attached hydrogen (secondary N) is 2. The molecule has 5 nitrogen and oxygen atoms in total. The van der Waals surface area contributed by atoms with Crippen molar-refractivity contribution in [3.05, 3.63) is 72.6 Å². The number of fused-ring (bicyclic) bond motifs is 1. The molecule has 0 aliphatic carbocycles. The van der Waals surface area contributed by atoms with E-state index >= 15 is 0 Å². The first-order valence-electron chi connectivity index (χ1n) is 9.28. The number of aromatic amines is 1. The predicted molar refractivity (Wildman–Crippen MR) is 112 cm³/mol. The molecule has 138 valence electrons. The molecule has 0 aliphatic heterocycles. The van der Waals surface area contributed by atoms with Gasteiger partial charge >= 0.3 is 0 Å². The Kier molecular flexibility index (Phi) is 4.81. The van der Waals surface area contributed by atoms with Crippen LogP contribution in [0.25, 0.3) is 33.5 Å². The number of aromatic nitrogens is 3.